The molecule has 1 rings (SSSR count). The molecule has 0 saturated carbocycles. The van der Waals surface area contributed by atoms with Crippen LogP contribution in [0.3, 0.4) is 0 Å². The van der Waals surface area contributed by atoms with Crippen molar-refractivity contribution in [2.45, 2.75) is 39.5 Å². The normalized spacial score (nSPS) is 12.3. The maximum absolute atomic E-state index is 12.0. The Labute approximate surface area is 123 Å². The summed E-state index contributed by atoms with van der Waals surface area (Å²) in [5, 5.41) is 0. The van der Waals surface area contributed by atoms with Crippen LogP contribution >= 0.6 is 0 Å². The minimum Gasteiger partial charge on any atom is -0.494 e. The van der Waals surface area contributed by atoms with Gasteiger partial charge in [-0.3, -0.25) is 0 Å². The lowest BCUT2D eigenvalue weighted by Gasteiger charge is -2.21. The zero-order valence-corrected chi connectivity index (χ0v) is 12.4. The highest BCUT2D eigenvalue weighted by Crippen LogP contribution is 2.25. The van der Waals surface area contributed by atoms with Crippen LogP contribution in [0.2, 0.25) is 0 Å². The quantitative estimate of drug-likeness (QED) is 0.735. The molecule has 0 unspecified atom stereocenters. The molecule has 0 atom stereocenters. The van der Waals surface area contributed by atoms with Gasteiger partial charge in [-0.25, -0.2) is 0 Å². The smallest absolute Gasteiger partial charge is 0.494 e. The number of hydrogen-bond acceptors (Lipinski definition) is 3. The molecule has 21 heavy (non-hydrogen) atoms. The van der Waals surface area contributed by atoms with Crippen LogP contribution in [0.25, 0.3) is 0 Å². The molecule has 0 spiro atoms. The summed E-state index contributed by atoms with van der Waals surface area (Å²) in [6, 6.07) is 5.40. The van der Waals surface area contributed by atoms with E-state index in [0.717, 1.165) is 19.3 Å². The first-order valence-electron chi connectivity index (χ1n) is 6.90. The van der Waals surface area contributed by atoms with E-state index in [0.29, 0.717) is 18.9 Å². The highest BCUT2D eigenvalue weighted by atomic mass is 19.4. The predicted octanol–water partition coefficient (Wildman–Crippen LogP) is 4.12. The third kappa shape index (κ3) is 7.80. The van der Waals surface area contributed by atoms with Crippen molar-refractivity contribution in [2.24, 2.45) is 11.1 Å². The van der Waals surface area contributed by atoms with E-state index < -0.39 is 6.36 Å². The summed E-state index contributed by atoms with van der Waals surface area (Å²) < 4.78 is 45.2. The monoisotopic (exact) mass is 305 g/mol. The van der Waals surface area contributed by atoms with E-state index in [2.05, 4.69) is 18.6 Å². The van der Waals surface area contributed by atoms with E-state index in [-0.39, 0.29) is 11.2 Å². The van der Waals surface area contributed by atoms with Crippen LogP contribution in [0.15, 0.2) is 24.3 Å². The first-order chi connectivity index (χ1) is 9.72. The number of nitrogens with two attached hydrogens (primary N) is 1. The Hall–Kier alpha value is -1.43. The minimum atomic E-state index is -4.67. The molecule has 0 aromatic heterocycles. The van der Waals surface area contributed by atoms with Crippen LogP contribution in [-0.4, -0.2) is 19.5 Å². The number of halogens is 3. The largest absolute Gasteiger partial charge is 0.573 e. The van der Waals surface area contributed by atoms with Gasteiger partial charge in [0.05, 0.1) is 6.61 Å². The number of benzene rings is 1. The molecular formula is C15H22F3NO2. The number of alkyl halides is 3. The van der Waals surface area contributed by atoms with Crippen molar-refractivity contribution in [1.29, 1.82) is 0 Å². The van der Waals surface area contributed by atoms with Crippen LogP contribution in [0, 0.1) is 5.41 Å². The van der Waals surface area contributed by atoms with E-state index in [4.69, 9.17) is 10.5 Å². The summed E-state index contributed by atoms with van der Waals surface area (Å²) in [7, 11) is 0. The van der Waals surface area contributed by atoms with Gasteiger partial charge in [0.1, 0.15) is 11.5 Å². The molecule has 1 aromatic carbocycles. The van der Waals surface area contributed by atoms with Crippen LogP contribution < -0.4 is 15.2 Å². The summed E-state index contributed by atoms with van der Waals surface area (Å²) in [5.74, 6) is 0.280. The second-order valence-electron chi connectivity index (χ2n) is 5.69. The topological polar surface area (TPSA) is 44.5 Å². The van der Waals surface area contributed by atoms with Crippen molar-refractivity contribution in [3.63, 3.8) is 0 Å². The average molecular weight is 305 g/mol. The van der Waals surface area contributed by atoms with Crippen molar-refractivity contribution in [3.05, 3.63) is 24.3 Å². The van der Waals surface area contributed by atoms with Gasteiger partial charge in [-0.1, -0.05) is 13.8 Å². The zero-order chi connectivity index (χ0) is 15.9. The van der Waals surface area contributed by atoms with E-state index in [1.807, 2.05) is 0 Å². The highest BCUT2D eigenvalue weighted by Gasteiger charge is 2.30. The van der Waals surface area contributed by atoms with Crippen LogP contribution in [-0.2, 0) is 0 Å². The second-order valence-corrected chi connectivity index (χ2v) is 5.69. The van der Waals surface area contributed by atoms with Gasteiger partial charge in [0, 0.05) is 0 Å². The maximum atomic E-state index is 12.0. The molecule has 3 nitrogen and oxygen atoms in total. The average Bonchev–Trinajstić information content (AvgIpc) is 2.38. The van der Waals surface area contributed by atoms with E-state index in [1.165, 1.54) is 24.3 Å². The fourth-order valence-corrected chi connectivity index (χ4v) is 1.74. The molecule has 2 N–H and O–H groups in total. The molecule has 0 fully saturated rings. The molecule has 1 aromatic rings. The molecular weight excluding hydrogens is 283 g/mol. The summed E-state index contributed by atoms with van der Waals surface area (Å²) in [6.45, 7) is 5.41. The van der Waals surface area contributed by atoms with Gasteiger partial charge in [-0.05, 0) is 55.5 Å². The highest BCUT2D eigenvalue weighted by molar-refractivity contribution is 5.31. The van der Waals surface area contributed by atoms with Crippen LogP contribution in [0.1, 0.15) is 33.1 Å². The fourth-order valence-electron chi connectivity index (χ4n) is 1.74. The minimum absolute atomic E-state index is 0.135. The molecule has 6 heteroatoms. The van der Waals surface area contributed by atoms with Gasteiger partial charge in [-0.2, -0.15) is 0 Å². The summed E-state index contributed by atoms with van der Waals surface area (Å²) in [6.07, 6.45) is -1.77. The van der Waals surface area contributed by atoms with Crippen molar-refractivity contribution in [1.82, 2.24) is 0 Å². The number of hydrogen-bond donors (Lipinski definition) is 1. The van der Waals surface area contributed by atoms with Gasteiger partial charge < -0.3 is 15.2 Å². The molecule has 0 bridgehead atoms. The van der Waals surface area contributed by atoms with Crippen molar-refractivity contribution < 1.29 is 22.6 Å². The Balaban J connectivity index is 2.27. The van der Waals surface area contributed by atoms with Gasteiger partial charge >= 0.3 is 6.36 Å². The first kappa shape index (κ1) is 17.6. The Kier molecular flexibility index (Phi) is 6.33. The Morgan fingerprint density at radius 3 is 2.10 bits per heavy atom. The van der Waals surface area contributed by atoms with Crippen molar-refractivity contribution in [2.75, 3.05) is 13.2 Å². The predicted molar refractivity (Wildman–Crippen MR) is 75.3 cm³/mol. The molecule has 0 amide bonds. The van der Waals surface area contributed by atoms with Gasteiger partial charge in [0.2, 0.25) is 0 Å². The summed E-state index contributed by atoms with van der Waals surface area (Å²) in [4.78, 5) is 0. The third-order valence-corrected chi connectivity index (χ3v) is 3.13. The lowest BCUT2D eigenvalue weighted by atomic mass is 9.87. The second kappa shape index (κ2) is 7.54. The molecule has 0 heterocycles. The fraction of sp³-hybridized carbons (Fsp3) is 0.600. The summed E-state index contributed by atoms with van der Waals surface area (Å²) >= 11 is 0. The molecule has 0 aliphatic rings. The van der Waals surface area contributed by atoms with E-state index >= 15 is 0 Å². The van der Waals surface area contributed by atoms with Gasteiger partial charge in [-0.15, -0.1) is 13.2 Å². The van der Waals surface area contributed by atoms with Crippen LogP contribution in [0.5, 0.6) is 11.5 Å². The maximum Gasteiger partial charge on any atom is 0.573 e. The lowest BCUT2D eigenvalue weighted by Crippen LogP contribution is -2.23. The zero-order valence-electron chi connectivity index (χ0n) is 12.4. The third-order valence-electron chi connectivity index (χ3n) is 3.13. The van der Waals surface area contributed by atoms with E-state index in [9.17, 15) is 13.2 Å². The lowest BCUT2D eigenvalue weighted by molar-refractivity contribution is -0.274. The van der Waals surface area contributed by atoms with Crippen LogP contribution in [0.4, 0.5) is 13.2 Å². The number of unbranched alkanes of at least 4 members (excludes halogenated alkanes) is 1. The van der Waals surface area contributed by atoms with Crippen molar-refractivity contribution in [3.8, 4) is 11.5 Å². The molecule has 0 aliphatic heterocycles. The standard InChI is InChI=1S/C15H22F3NO2/c1-14(2,11-19)9-3-4-10-20-12-5-7-13(8-6-12)21-15(16,17)18/h5-8H,3-4,9-11,19H2,1-2H3. The van der Waals surface area contributed by atoms with Gasteiger partial charge in [0.15, 0.2) is 0 Å². The molecule has 0 aliphatic carbocycles. The van der Waals surface area contributed by atoms with E-state index in [1.54, 1.807) is 0 Å². The molecule has 0 radical (unpaired) electrons. The molecule has 120 valence electrons. The van der Waals surface area contributed by atoms with Gasteiger partial charge in [0.25, 0.3) is 0 Å². The Bertz CT molecular complexity index is 416. The summed E-state index contributed by atoms with van der Waals surface area (Å²) in [5.41, 5.74) is 5.78. The Morgan fingerprint density at radius 1 is 1.00 bits per heavy atom. The SMILES string of the molecule is CC(C)(CN)CCCCOc1ccc(OC(F)(F)F)cc1. The first-order valence-corrected chi connectivity index (χ1v) is 6.90. The van der Waals surface area contributed by atoms with Crippen molar-refractivity contribution >= 4 is 0 Å². The number of rotatable bonds is 8. The Morgan fingerprint density at radius 2 is 1.57 bits per heavy atom. The number of ether oxygens (including phenoxy) is 2. The molecule has 0 saturated heterocycles.